The van der Waals surface area contributed by atoms with Crippen LogP contribution < -0.4 is 5.32 Å². The monoisotopic (exact) mass is 315 g/mol. The second-order valence-corrected chi connectivity index (χ2v) is 7.70. The van der Waals surface area contributed by atoms with Crippen LogP contribution in [0, 0.1) is 0 Å². The van der Waals surface area contributed by atoms with Crippen molar-refractivity contribution in [3.05, 3.63) is 17.9 Å². The first kappa shape index (κ1) is 16.5. The van der Waals surface area contributed by atoms with Crippen molar-refractivity contribution >= 4 is 10.0 Å². The number of sulfonamides is 1. The van der Waals surface area contributed by atoms with Crippen molar-refractivity contribution in [3.63, 3.8) is 0 Å². The molecule has 1 aliphatic rings. The van der Waals surface area contributed by atoms with E-state index in [1.54, 1.807) is 6.07 Å². The molecule has 0 aliphatic carbocycles. The first-order valence-corrected chi connectivity index (χ1v) is 8.84. The molecule has 120 valence electrons. The summed E-state index contributed by atoms with van der Waals surface area (Å²) in [4.78, 5) is 2.42. The molecule has 0 saturated carbocycles. The molecule has 1 N–H and O–H groups in total. The van der Waals surface area contributed by atoms with Crippen LogP contribution in [-0.2, 0) is 16.6 Å². The van der Waals surface area contributed by atoms with Gasteiger partial charge in [-0.2, -0.15) is 0 Å². The molecule has 1 aromatic heterocycles. The molecule has 0 bridgehead atoms. The van der Waals surface area contributed by atoms with Gasteiger partial charge < -0.3 is 14.6 Å². The van der Waals surface area contributed by atoms with Gasteiger partial charge in [0, 0.05) is 26.7 Å². The van der Waals surface area contributed by atoms with Crippen LogP contribution in [0.4, 0.5) is 0 Å². The highest BCUT2D eigenvalue weighted by Crippen LogP contribution is 2.17. The van der Waals surface area contributed by atoms with Gasteiger partial charge in [0.1, 0.15) is 5.76 Å². The van der Waals surface area contributed by atoms with Crippen molar-refractivity contribution in [2.75, 3.05) is 33.7 Å². The predicted octanol–water partition coefficient (Wildman–Crippen LogP) is 1.10. The second-order valence-electron chi connectivity index (χ2n) is 5.62. The van der Waals surface area contributed by atoms with E-state index in [4.69, 9.17) is 4.42 Å². The summed E-state index contributed by atoms with van der Waals surface area (Å²) >= 11 is 0. The Kier molecular flexibility index (Phi) is 5.43. The minimum atomic E-state index is -3.48. The Morgan fingerprint density at radius 2 is 2.19 bits per heavy atom. The van der Waals surface area contributed by atoms with Crippen LogP contribution in [0.2, 0.25) is 0 Å². The maximum Gasteiger partial charge on any atom is 0.275 e. The number of hydrogen-bond acceptors (Lipinski definition) is 5. The summed E-state index contributed by atoms with van der Waals surface area (Å²) in [5.74, 6) is 0.657. The Morgan fingerprint density at radius 3 is 2.86 bits per heavy atom. The molecule has 0 amide bonds. The van der Waals surface area contributed by atoms with Gasteiger partial charge in [-0.05, 0) is 38.1 Å². The molecule has 0 radical (unpaired) electrons. The quantitative estimate of drug-likeness (QED) is 0.852. The van der Waals surface area contributed by atoms with E-state index in [0.717, 1.165) is 23.8 Å². The third kappa shape index (κ3) is 4.06. The van der Waals surface area contributed by atoms with E-state index in [1.807, 2.05) is 0 Å². The van der Waals surface area contributed by atoms with Crippen LogP contribution in [-0.4, -0.2) is 57.4 Å². The second kappa shape index (κ2) is 6.91. The SMILES string of the molecule is CCN1CCCC(NCc2ccc(S(=O)(=O)N(C)C)o2)C1. The number of rotatable bonds is 6. The molecule has 1 aliphatic heterocycles. The van der Waals surface area contributed by atoms with E-state index in [1.165, 1.54) is 33.1 Å². The fraction of sp³-hybridized carbons (Fsp3) is 0.714. The topological polar surface area (TPSA) is 65.8 Å². The van der Waals surface area contributed by atoms with Gasteiger partial charge in [0.25, 0.3) is 10.0 Å². The molecule has 1 unspecified atom stereocenters. The molecule has 0 spiro atoms. The molecule has 2 heterocycles. The summed E-state index contributed by atoms with van der Waals surface area (Å²) in [5, 5.41) is 3.46. The van der Waals surface area contributed by atoms with Crippen LogP contribution in [0.1, 0.15) is 25.5 Å². The van der Waals surface area contributed by atoms with Gasteiger partial charge >= 0.3 is 0 Å². The first-order chi connectivity index (χ1) is 9.93. The minimum Gasteiger partial charge on any atom is -0.447 e. The summed E-state index contributed by atoms with van der Waals surface area (Å²) in [6, 6.07) is 3.69. The minimum absolute atomic E-state index is 0.00290. The van der Waals surface area contributed by atoms with Crippen molar-refractivity contribution in [2.24, 2.45) is 0 Å². The van der Waals surface area contributed by atoms with Gasteiger partial charge in [-0.3, -0.25) is 0 Å². The predicted molar refractivity (Wildman–Crippen MR) is 81.6 cm³/mol. The highest BCUT2D eigenvalue weighted by molar-refractivity contribution is 7.88. The van der Waals surface area contributed by atoms with Crippen molar-refractivity contribution in [1.82, 2.24) is 14.5 Å². The molecule has 6 nitrogen and oxygen atoms in total. The lowest BCUT2D eigenvalue weighted by Gasteiger charge is -2.32. The number of piperidine rings is 1. The van der Waals surface area contributed by atoms with Gasteiger partial charge in [-0.1, -0.05) is 6.92 Å². The number of likely N-dealkylation sites (N-methyl/N-ethyl adjacent to an activating group) is 1. The van der Waals surface area contributed by atoms with Gasteiger partial charge in [0.05, 0.1) is 6.54 Å². The zero-order valence-electron chi connectivity index (χ0n) is 13.0. The molecule has 1 aromatic rings. The molecule has 1 atom stereocenters. The van der Waals surface area contributed by atoms with Gasteiger partial charge in [0.2, 0.25) is 5.09 Å². The van der Waals surface area contributed by atoms with E-state index in [0.29, 0.717) is 18.3 Å². The van der Waals surface area contributed by atoms with Crippen LogP contribution in [0.3, 0.4) is 0 Å². The normalized spacial score (nSPS) is 21.0. The number of hydrogen-bond donors (Lipinski definition) is 1. The lowest BCUT2D eigenvalue weighted by molar-refractivity contribution is 0.196. The van der Waals surface area contributed by atoms with Gasteiger partial charge in [-0.15, -0.1) is 0 Å². The van der Waals surface area contributed by atoms with Crippen LogP contribution in [0.5, 0.6) is 0 Å². The van der Waals surface area contributed by atoms with E-state index in [9.17, 15) is 8.42 Å². The lowest BCUT2D eigenvalue weighted by atomic mass is 10.1. The summed E-state index contributed by atoms with van der Waals surface area (Å²) in [6.45, 7) is 6.02. The van der Waals surface area contributed by atoms with Crippen LogP contribution in [0.25, 0.3) is 0 Å². The summed E-state index contributed by atoms with van der Waals surface area (Å²) < 4.78 is 30.5. The highest BCUT2D eigenvalue weighted by atomic mass is 32.2. The van der Waals surface area contributed by atoms with Crippen molar-refractivity contribution < 1.29 is 12.8 Å². The standard InChI is InChI=1S/C14H25N3O3S/c1-4-17-9-5-6-12(11-17)15-10-13-7-8-14(20-13)21(18,19)16(2)3/h7-8,12,15H,4-6,9-11H2,1-3H3. The maximum absolute atomic E-state index is 11.9. The van der Waals surface area contributed by atoms with Crippen molar-refractivity contribution in [1.29, 1.82) is 0 Å². The number of nitrogens with one attached hydrogen (secondary N) is 1. The summed E-state index contributed by atoms with van der Waals surface area (Å²) in [5.41, 5.74) is 0. The summed E-state index contributed by atoms with van der Waals surface area (Å²) in [7, 11) is -0.487. The maximum atomic E-state index is 11.9. The van der Waals surface area contributed by atoms with E-state index in [-0.39, 0.29) is 5.09 Å². The fourth-order valence-electron chi connectivity index (χ4n) is 2.53. The molecular formula is C14H25N3O3S. The number of furan rings is 1. The Balaban J connectivity index is 1.91. The Hall–Kier alpha value is -0.890. The zero-order chi connectivity index (χ0) is 15.5. The van der Waals surface area contributed by atoms with Gasteiger partial charge in [0.15, 0.2) is 0 Å². The number of nitrogens with zero attached hydrogens (tertiary/aromatic N) is 2. The lowest BCUT2D eigenvalue weighted by Crippen LogP contribution is -2.45. The van der Waals surface area contributed by atoms with E-state index < -0.39 is 10.0 Å². The number of likely N-dealkylation sites (tertiary alicyclic amines) is 1. The average molecular weight is 315 g/mol. The molecular weight excluding hydrogens is 290 g/mol. The third-order valence-electron chi connectivity index (χ3n) is 3.89. The summed E-state index contributed by atoms with van der Waals surface area (Å²) in [6.07, 6.45) is 2.35. The van der Waals surface area contributed by atoms with Crippen LogP contribution in [0.15, 0.2) is 21.6 Å². The average Bonchev–Trinajstić information content (AvgIpc) is 2.94. The van der Waals surface area contributed by atoms with E-state index in [2.05, 4.69) is 17.1 Å². The smallest absolute Gasteiger partial charge is 0.275 e. The van der Waals surface area contributed by atoms with Gasteiger partial charge in [-0.25, -0.2) is 12.7 Å². The molecule has 1 fully saturated rings. The first-order valence-electron chi connectivity index (χ1n) is 7.40. The molecule has 21 heavy (non-hydrogen) atoms. The van der Waals surface area contributed by atoms with Crippen LogP contribution >= 0.6 is 0 Å². The Bertz CT molecular complexity index is 554. The van der Waals surface area contributed by atoms with Crippen molar-refractivity contribution in [3.8, 4) is 0 Å². The molecule has 1 saturated heterocycles. The Morgan fingerprint density at radius 1 is 1.43 bits per heavy atom. The third-order valence-corrected chi connectivity index (χ3v) is 5.58. The fourth-order valence-corrected chi connectivity index (χ4v) is 3.34. The highest BCUT2D eigenvalue weighted by Gasteiger charge is 2.22. The molecule has 2 rings (SSSR count). The molecule has 0 aromatic carbocycles. The van der Waals surface area contributed by atoms with E-state index >= 15 is 0 Å². The van der Waals surface area contributed by atoms with Crippen molar-refractivity contribution in [2.45, 2.75) is 37.4 Å². The molecule has 7 heteroatoms. The Labute approximate surface area is 127 Å². The largest absolute Gasteiger partial charge is 0.447 e. The zero-order valence-corrected chi connectivity index (χ0v) is 13.8.